The number of ketones is 1. The van der Waals surface area contributed by atoms with Crippen LogP contribution in [-0.2, 0) is 19.4 Å². The van der Waals surface area contributed by atoms with Crippen LogP contribution in [0, 0.1) is 11.3 Å². The van der Waals surface area contributed by atoms with E-state index in [1.165, 1.54) is 13.0 Å². The molecular weight excluding hydrogens is 504 g/mol. The maximum absolute atomic E-state index is 13.8. The van der Waals surface area contributed by atoms with Crippen molar-refractivity contribution in [2.45, 2.75) is 19.4 Å². The van der Waals surface area contributed by atoms with E-state index in [1.54, 1.807) is 66.7 Å². The number of nitriles is 1. The molecule has 2 aliphatic rings. The average molecular weight is 527 g/mol. The van der Waals surface area contributed by atoms with Gasteiger partial charge in [-0.2, -0.15) is 5.26 Å². The minimum Gasteiger partial charge on any atom is -0.457 e. The Hall–Kier alpha value is -4.55. The lowest BCUT2D eigenvalue weighted by Gasteiger charge is -2.32. The summed E-state index contributed by atoms with van der Waals surface area (Å²) in [5.41, 5.74) is 1.78. The number of sulfone groups is 1. The predicted molar refractivity (Wildman–Crippen MR) is 140 cm³/mol. The molecule has 1 fully saturated rings. The molecular formula is C29H22N2O6S. The van der Waals surface area contributed by atoms with Gasteiger partial charge in [0.1, 0.15) is 23.2 Å². The summed E-state index contributed by atoms with van der Waals surface area (Å²) in [6.45, 7) is 1.48. The maximum atomic E-state index is 13.8. The molecule has 1 saturated heterocycles. The van der Waals surface area contributed by atoms with Crippen molar-refractivity contribution in [2.24, 2.45) is 0 Å². The number of furan rings is 1. The quantitative estimate of drug-likeness (QED) is 0.279. The van der Waals surface area contributed by atoms with Crippen LogP contribution in [0.5, 0.6) is 0 Å². The Balaban J connectivity index is 1.62. The number of imide groups is 1. The summed E-state index contributed by atoms with van der Waals surface area (Å²) >= 11 is 0. The lowest BCUT2D eigenvalue weighted by molar-refractivity contribution is -0.142. The highest BCUT2D eigenvalue weighted by Crippen LogP contribution is 2.37. The molecule has 3 aromatic rings. The number of benzene rings is 2. The summed E-state index contributed by atoms with van der Waals surface area (Å²) in [4.78, 5) is 39.6. The number of carbonyl (C=O) groups is 3. The molecule has 0 bridgehead atoms. The summed E-state index contributed by atoms with van der Waals surface area (Å²) in [7, 11) is -3.40. The van der Waals surface area contributed by atoms with Crippen molar-refractivity contribution >= 4 is 39.1 Å². The molecule has 5 rings (SSSR count). The van der Waals surface area contributed by atoms with Crippen molar-refractivity contribution in [1.29, 1.82) is 5.26 Å². The van der Waals surface area contributed by atoms with Crippen molar-refractivity contribution < 1.29 is 27.2 Å². The van der Waals surface area contributed by atoms with Gasteiger partial charge >= 0.3 is 0 Å². The zero-order valence-corrected chi connectivity index (χ0v) is 21.2. The summed E-state index contributed by atoms with van der Waals surface area (Å²) in [5, 5.41) is 9.98. The SMILES string of the molecule is CC(=O)c1ccc(-c2ccc(C=C3C(=O)N(C4CCS(=O)(=O)C4)C(=O)C(C#N)=C3c3ccccc3)o2)cc1. The predicted octanol–water partition coefficient (Wildman–Crippen LogP) is 4.07. The van der Waals surface area contributed by atoms with Gasteiger partial charge in [0.15, 0.2) is 15.6 Å². The molecule has 2 aliphatic heterocycles. The Morgan fingerprint density at radius 2 is 1.71 bits per heavy atom. The smallest absolute Gasteiger partial charge is 0.272 e. The number of amides is 2. The Bertz CT molecular complexity index is 1670. The minimum atomic E-state index is -3.40. The average Bonchev–Trinajstić information content (AvgIpc) is 3.52. The lowest BCUT2D eigenvalue weighted by Crippen LogP contribution is -2.49. The Morgan fingerprint density at radius 1 is 1.00 bits per heavy atom. The summed E-state index contributed by atoms with van der Waals surface area (Å²) in [6.07, 6.45) is 1.59. The number of hydrogen-bond acceptors (Lipinski definition) is 7. The molecule has 0 saturated carbocycles. The second-order valence-corrected chi connectivity index (χ2v) is 11.4. The molecule has 0 radical (unpaired) electrons. The topological polar surface area (TPSA) is 126 Å². The number of nitrogens with zero attached hydrogens (tertiary/aromatic N) is 2. The third-order valence-electron chi connectivity index (χ3n) is 6.64. The van der Waals surface area contributed by atoms with E-state index in [2.05, 4.69) is 0 Å². The minimum absolute atomic E-state index is 0.0556. The van der Waals surface area contributed by atoms with E-state index in [0.29, 0.717) is 22.6 Å². The zero-order chi connectivity index (χ0) is 27.0. The van der Waals surface area contributed by atoms with Gasteiger partial charge in [0.2, 0.25) is 0 Å². The van der Waals surface area contributed by atoms with Crippen LogP contribution >= 0.6 is 0 Å². The molecule has 2 amide bonds. The maximum Gasteiger partial charge on any atom is 0.272 e. The molecule has 9 heteroatoms. The van der Waals surface area contributed by atoms with Gasteiger partial charge in [-0.05, 0) is 37.1 Å². The van der Waals surface area contributed by atoms with Crippen molar-refractivity contribution in [2.75, 3.05) is 11.5 Å². The number of hydrogen-bond donors (Lipinski definition) is 0. The third kappa shape index (κ3) is 4.62. The fourth-order valence-corrected chi connectivity index (χ4v) is 6.44. The van der Waals surface area contributed by atoms with E-state index in [-0.39, 0.29) is 40.4 Å². The Morgan fingerprint density at radius 3 is 2.32 bits per heavy atom. The molecule has 190 valence electrons. The van der Waals surface area contributed by atoms with E-state index < -0.39 is 27.7 Å². The summed E-state index contributed by atoms with van der Waals surface area (Å²) < 4.78 is 30.2. The highest BCUT2D eigenvalue weighted by molar-refractivity contribution is 7.91. The number of Topliss-reactive ketones (excluding diaryl/α,β-unsaturated/α-hetero) is 1. The second-order valence-electron chi connectivity index (χ2n) is 9.16. The van der Waals surface area contributed by atoms with Crippen LogP contribution in [0.1, 0.15) is 35.0 Å². The first-order valence-electron chi connectivity index (χ1n) is 11.9. The van der Waals surface area contributed by atoms with E-state index >= 15 is 0 Å². The molecule has 1 aromatic heterocycles. The van der Waals surface area contributed by atoms with E-state index in [9.17, 15) is 28.1 Å². The molecule has 0 spiro atoms. The molecule has 1 atom stereocenters. The van der Waals surface area contributed by atoms with E-state index in [1.807, 2.05) is 6.07 Å². The van der Waals surface area contributed by atoms with Gasteiger partial charge in [-0.3, -0.25) is 19.3 Å². The van der Waals surface area contributed by atoms with Crippen molar-refractivity contribution in [3.05, 3.63) is 94.8 Å². The number of carbonyl (C=O) groups excluding carboxylic acids is 3. The van der Waals surface area contributed by atoms with Crippen LogP contribution in [0.25, 0.3) is 23.0 Å². The fraction of sp³-hybridized carbons (Fsp3) is 0.172. The normalized spacial score (nSPS) is 20.2. The molecule has 8 nitrogen and oxygen atoms in total. The van der Waals surface area contributed by atoms with Gasteiger partial charge in [-0.1, -0.05) is 54.6 Å². The molecule has 3 heterocycles. The Labute approximate surface area is 219 Å². The highest BCUT2D eigenvalue weighted by Gasteiger charge is 2.45. The molecule has 0 N–H and O–H groups in total. The van der Waals surface area contributed by atoms with Crippen LogP contribution < -0.4 is 0 Å². The second kappa shape index (κ2) is 9.72. The monoisotopic (exact) mass is 526 g/mol. The van der Waals surface area contributed by atoms with E-state index in [0.717, 1.165) is 10.5 Å². The van der Waals surface area contributed by atoms with Gasteiger partial charge in [0, 0.05) is 16.7 Å². The van der Waals surface area contributed by atoms with Crippen LogP contribution in [0.15, 0.2) is 82.3 Å². The van der Waals surface area contributed by atoms with Crippen LogP contribution in [0.4, 0.5) is 0 Å². The van der Waals surface area contributed by atoms with Gasteiger partial charge in [-0.25, -0.2) is 8.42 Å². The van der Waals surface area contributed by atoms with Gasteiger partial charge in [0.25, 0.3) is 11.8 Å². The first kappa shape index (κ1) is 25.1. The first-order valence-corrected chi connectivity index (χ1v) is 13.7. The Kier molecular flexibility index (Phi) is 6.43. The van der Waals surface area contributed by atoms with Crippen LogP contribution in [-0.4, -0.2) is 48.5 Å². The van der Waals surface area contributed by atoms with Gasteiger partial charge < -0.3 is 4.42 Å². The standard InChI is InChI=1S/C29H22N2O6S/c1-18(32)19-7-9-20(10-8-19)26-12-11-23(37-26)15-24-27(21-5-3-2-4-6-21)25(16-30)29(34)31(28(24)33)22-13-14-38(35,36)17-22/h2-12,15,22H,13-14,17H2,1H3. The van der Waals surface area contributed by atoms with E-state index in [4.69, 9.17) is 4.42 Å². The highest BCUT2D eigenvalue weighted by atomic mass is 32.2. The molecule has 38 heavy (non-hydrogen) atoms. The van der Waals surface area contributed by atoms with Crippen molar-refractivity contribution in [3.8, 4) is 17.4 Å². The largest absolute Gasteiger partial charge is 0.457 e. The van der Waals surface area contributed by atoms with Crippen molar-refractivity contribution in [3.63, 3.8) is 0 Å². The fourth-order valence-electron chi connectivity index (χ4n) is 4.74. The summed E-state index contributed by atoms with van der Waals surface area (Å²) in [5.74, 6) is -1.21. The van der Waals surface area contributed by atoms with Gasteiger partial charge in [-0.15, -0.1) is 0 Å². The zero-order valence-electron chi connectivity index (χ0n) is 20.4. The first-order chi connectivity index (χ1) is 18.2. The van der Waals surface area contributed by atoms with Crippen molar-refractivity contribution in [1.82, 2.24) is 4.90 Å². The molecule has 1 unspecified atom stereocenters. The third-order valence-corrected chi connectivity index (χ3v) is 8.39. The molecule has 0 aliphatic carbocycles. The van der Waals surface area contributed by atoms with Gasteiger partial charge in [0.05, 0.1) is 23.1 Å². The lowest BCUT2D eigenvalue weighted by atomic mass is 9.87. The number of rotatable bonds is 5. The molecule has 2 aromatic carbocycles. The van der Waals surface area contributed by atoms with Crippen LogP contribution in [0.3, 0.4) is 0 Å². The summed E-state index contributed by atoms with van der Waals surface area (Å²) in [6, 6.07) is 20.0. The van der Waals surface area contributed by atoms with Crippen LogP contribution in [0.2, 0.25) is 0 Å².